The number of rotatable bonds is 2. The van der Waals surface area contributed by atoms with Crippen LogP contribution in [0.4, 0.5) is 0 Å². The Balaban J connectivity index is 2.13. The molecule has 0 amide bonds. The highest BCUT2D eigenvalue weighted by molar-refractivity contribution is 9.10. The first-order valence-electron chi connectivity index (χ1n) is 7.18. The average Bonchev–Trinajstić information content (AvgIpc) is 2.49. The van der Waals surface area contributed by atoms with Gasteiger partial charge in [0.25, 0.3) is 0 Å². The molecule has 0 fully saturated rings. The zero-order valence-electron chi connectivity index (χ0n) is 12.5. The number of hydrogen-bond donors (Lipinski definition) is 0. The van der Waals surface area contributed by atoms with Crippen LogP contribution >= 0.6 is 27.5 Å². The van der Waals surface area contributed by atoms with Crippen molar-refractivity contribution < 1.29 is 0 Å². The summed E-state index contributed by atoms with van der Waals surface area (Å²) in [7, 11) is 0. The third kappa shape index (κ3) is 2.97. The largest absolute Gasteiger partial charge is 0.0836 e. The van der Waals surface area contributed by atoms with E-state index in [0.717, 1.165) is 20.6 Å². The smallest absolute Gasteiger partial charge is 0.0493 e. The van der Waals surface area contributed by atoms with Crippen LogP contribution in [0, 0.1) is 13.8 Å². The van der Waals surface area contributed by atoms with E-state index in [1.54, 1.807) is 0 Å². The van der Waals surface area contributed by atoms with Gasteiger partial charge in [-0.2, -0.15) is 0 Å². The van der Waals surface area contributed by atoms with E-state index in [9.17, 15) is 0 Å². The first-order chi connectivity index (χ1) is 10.6. The Labute approximate surface area is 144 Å². The molecule has 2 heteroatoms. The summed E-state index contributed by atoms with van der Waals surface area (Å²) >= 11 is 10.1. The van der Waals surface area contributed by atoms with Gasteiger partial charge in [-0.1, -0.05) is 70.0 Å². The lowest BCUT2D eigenvalue weighted by molar-refractivity contribution is 1.40. The topological polar surface area (TPSA) is 0 Å². The first-order valence-corrected chi connectivity index (χ1v) is 8.35. The van der Waals surface area contributed by atoms with Gasteiger partial charge in [-0.25, -0.2) is 0 Å². The fraction of sp³-hybridized carbons (Fsp3) is 0.100. The van der Waals surface area contributed by atoms with E-state index in [1.165, 1.54) is 22.3 Å². The zero-order valence-corrected chi connectivity index (χ0v) is 14.9. The molecule has 0 aliphatic heterocycles. The van der Waals surface area contributed by atoms with Gasteiger partial charge in [0.05, 0.1) is 0 Å². The fourth-order valence-electron chi connectivity index (χ4n) is 2.75. The van der Waals surface area contributed by atoms with Crippen LogP contribution in [0.5, 0.6) is 0 Å². The maximum Gasteiger partial charge on any atom is 0.0493 e. The number of benzene rings is 3. The molecule has 22 heavy (non-hydrogen) atoms. The summed E-state index contributed by atoms with van der Waals surface area (Å²) < 4.78 is 1.08. The highest BCUT2D eigenvalue weighted by Crippen LogP contribution is 2.37. The van der Waals surface area contributed by atoms with E-state index >= 15 is 0 Å². The Bertz CT molecular complexity index is 796. The molecule has 0 aliphatic rings. The van der Waals surface area contributed by atoms with E-state index in [0.29, 0.717) is 0 Å². The van der Waals surface area contributed by atoms with Gasteiger partial charge in [0, 0.05) is 15.1 Å². The van der Waals surface area contributed by atoms with Gasteiger partial charge in [0.2, 0.25) is 0 Å². The monoisotopic (exact) mass is 370 g/mol. The predicted molar refractivity (Wildman–Crippen MR) is 99.5 cm³/mol. The summed E-state index contributed by atoms with van der Waals surface area (Å²) in [6.45, 7) is 4.24. The molecule has 3 aromatic rings. The second-order valence-electron chi connectivity index (χ2n) is 5.47. The summed E-state index contributed by atoms with van der Waals surface area (Å²) in [6, 6.07) is 20.9. The molecule has 0 nitrogen and oxygen atoms in total. The lowest BCUT2D eigenvalue weighted by atomic mass is 9.93. The van der Waals surface area contributed by atoms with Crippen molar-refractivity contribution in [1.82, 2.24) is 0 Å². The molecule has 0 aliphatic carbocycles. The lowest BCUT2D eigenvalue weighted by Crippen LogP contribution is -1.90. The lowest BCUT2D eigenvalue weighted by Gasteiger charge is -2.14. The maximum absolute atomic E-state index is 6.61. The molecule has 0 radical (unpaired) electrons. The molecule has 0 bridgehead atoms. The Morgan fingerprint density at radius 1 is 0.773 bits per heavy atom. The summed E-state index contributed by atoms with van der Waals surface area (Å²) in [4.78, 5) is 0. The van der Waals surface area contributed by atoms with E-state index in [4.69, 9.17) is 11.6 Å². The normalized spacial score (nSPS) is 10.7. The molecule has 3 rings (SSSR count). The third-order valence-electron chi connectivity index (χ3n) is 3.88. The highest BCUT2D eigenvalue weighted by Gasteiger charge is 2.11. The Kier molecular flexibility index (Phi) is 4.37. The van der Waals surface area contributed by atoms with Gasteiger partial charge in [-0.3, -0.25) is 0 Å². The molecule has 0 saturated heterocycles. The second-order valence-corrected chi connectivity index (χ2v) is 6.79. The van der Waals surface area contributed by atoms with E-state index < -0.39 is 0 Å². The predicted octanol–water partition coefficient (Wildman–Crippen LogP) is 7.05. The van der Waals surface area contributed by atoms with Gasteiger partial charge < -0.3 is 0 Å². The third-order valence-corrected chi connectivity index (χ3v) is 4.71. The minimum atomic E-state index is 0.798. The van der Waals surface area contributed by atoms with Crippen molar-refractivity contribution in [3.63, 3.8) is 0 Å². The number of halogens is 2. The van der Waals surface area contributed by atoms with Gasteiger partial charge >= 0.3 is 0 Å². The van der Waals surface area contributed by atoms with Crippen molar-refractivity contribution in [1.29, 1.82) is 0 Å². The quantitative estimate of drug-likeness (QED) is 0.452. The SMILES string of the molecule is Cc1ccccc1-c1c(C)cc(-c2ccc(Br)cc2)cc1Cl. The van der Waals surface area contributed by atoms with Crippen molar-refractivity contribution in [2.24, 2.45) is 0 Å². The van der Waals surface area contributed by atoms with Crippen molar-refractivity contribution in [2.45, 2.75) is 13.8 Å². The molecule has 0 atom stereocenters. The molecule has 3 aromatic carbocycles. The van der Waals surface area contributed by atoms with Crippen LogP contribution in [0.1, 0.15) is 11.1 Å². The Morgan fingerprint density at radius 3 is 2.09 bits per heavy atom. The van der Waals surface area contributed by atoms with Gasteiger partial charge in [0.15, 0.2) is 0 Å². The molecule has 0 spiro atoms. The number of hydrogen-bond acceptors (Lipinski definition) is 0. The van der Waals surface area contributed by atoms with Crippen LogP contribution in [0.3, 0.4) is 0 Å². The zero-order chi connectivity index (χ0) is 15.7. The summed E-state index contributed by atoms with van der Waals surface area (Å²) in [6.07, 6.45) is 0. The Morgan fingerprint density at radius 2 is 1.45 bits per heavy atom. The molecule has 0 aromatic heterocycles. The molecule has 0 N–H and O–H groups in total. The molecule has 0 unspecified atom stereocenters. The van der Waals surface area contributed by atoms with Crippen molar-refractivity contribution in [3.05, 3.63) is 81.3 Å². The van der Waals surface area contributed by atoms with Crippen LogP contribution in [-0.2, 0) is 0 Å². The average molecular weight is 372 g/mol. The van der Waals surface area contributed by atoms with Crippen molar-refractivity contribution in [2.75, 3.05) is 0 Å². The van der Waals surface area contributed by atoms with E-state index in [1.807, 2.05) is 12.1 Å². The van der Waals surface area contributed by atoms with Gasteiger partial charge in [-0.05, 0) is 59.9 Å². The Hall–Kier alpha value is -1.57. The van der Waals surface area contributed by atoms with E-state index in [-0.39, 0.29) is 0 Å². The van der Waals surface area contributed by atoms with Crippen LogP contribution in [-0.4, -0.2) is 0 Å². The molecule has 0 heterocycles. The summed E-state index contributed by atoms with van der Waals surface area (Å²) in [5.41, 5.74) is 7.08. The highest BCUT2D eigenvalue weighted by atomic mass is 79.9. The van der Waals surface area contributed by atoms with Crippen LogP contribution < -0.4 is 0 Å². The van der Waals surface area contributed by atoms with Crippen LogP contribution in [0.15, 0.2) is 65.1 Å². The molecular formula is C20H16BrCl. The van der Waals surface area contributed by atoms with Gasteiger partial charge in [0.1, 0.15) is 0 Å². The molecule has 0 saturated carbocycles. The van der Waals surface area contributed by atoms with Gasteiger partial charge in [-0.15, -0.1) is 0 Å². The first kappa shape index (κ1) is 15.3. The standard InChI is InChI=1S/C20H16BrCl/c1-13-5-3-4-6-18(13)20-14(2)11-16(12-19(20)22)15-7-9-17(21)10-8-15/h3-12H,1-2H3. The summed E-state index contributed by atoms with van der Waals surface area (Å²) in [5.74, 6) is 0. The minimum absolute atomic E-state index is 0.798. The number of aryl methyl sites for hydroxylation is 2. The second kappa shape index (κ2) is 6.28. The van der Waals surface area contributed by atoms with Crippen LogP contribution in [0.2, 0.25) is 5.02 Å². The summed E-state index contributed by atoms with van der Waals surface area (Å²) in [5, 5.41) is 0.798. The minimum Gasteiger partial charge on any atom is -0.0836 e. The van der Waals surface area contributed by atoms with Crippen LogP contribution in [0.25, 0.3) is 22.3 Å². The van der Waals surface area contributed by atoms with Crippen molar-refractivity contribution in [3.8, 4) is 22.3 Å². The fourth-order valence-corrected chi connectivity index (χ4v) is 3.38. The van der Waals surface area contributed by atoms with Crippen molar-refractivity contribution >= 4 is 27.5 Å². The van der Waals surface area contributed by atoms with E-state index in [2.05, 4.69) is 78.3 Å². The molecule has 110 valence electrons. The molecular weight excluding hydrogens is 356 g/mol. The maximum atomic E-state index is 6.61.